The zero-order valence-electron chi connectivity index (χ0n) is 19.2. The zero-order chi connectivity index (χ0) is 26.7. The van der Waals surface area contributed by atoms with Gasteiger partial charge >= 0.3 is 0 Å². The van der Waals surface area contributed by atoms with E-state index in [4.69, 9.17) is 32.4 Å². The van der Waals surface area contributed by atoms with Crippen LogP contribution in [0.25, 0.3) is 21.2 Å². The maximum atomic E-state index is 14.1. The number of thiazole rings is 1. The van der Waals surface area contributed by atoms with E-state index >= 15 is 0 Å². The molecule has 5 aromatic rings. The standard InChI is InChI=1S/C26H14Cl2FN3O5S/c1-36-18-8-13(27)6-12-7-17(37-24(12)18)22(33)20-21(11-2-4-30-5-3-11)32(25(35)23(20)34)26-31-16-9-14(28)15(29)10-19(16)38-26/h2-10,21,34H,1H3. The van der Waals surface area contributed by atoms with Crippen molar-refractivity contribution in [2.75, 3.05) is 12.0 Å². The first kappa shape index (κ1) is 24.4. The van der Waals surface area contributed by atoms with E-state index in [1.807, 2.05) is 0 Å². The lowest BCUT2D eigenvalue weighted by molar-refractivity contribution is -0.117. The molecule has 1 atom stereocenters. The van der Waals surface area contributed by atoms with Gasteiger partial charge in [0, 0.05) is 28.9 Å². The van der Waals surface area contributed by atoms with Crippen LogP contribution in [0.3, 0.4) is 0 Å². The molecule has 190 valence electrons. The Bertz CT molecular complexity index is 1780. The van der Waals surface area contributed by atoms with Crippen LogP contribution < -0.4 is 9.64 Å². The van der Waals surface area contributed by atoms with Crippen molar-refractivity contribution in [3.63, 3.8) is 0 Å². The highest BCUT2D eigenvalue weighted by atomic mass is 35.5. The minimum atomic E-state index is -1.07. The molecular weight excluding hydrogens is 556 g/mol. The van der Waals surface area contributed by atoms with Crippen LogP contribution in [0.2, 0.25) is 10.0 Å². The van der Waals surface area contributed by atoms with Gasteiger partial charge in [-0.15, -0.1) is 0 Å². The Labute approximate surface area is 227 Å². The van der Waals surface area contributed by atoms with Gasteiger partial charge in [-0.1, -0.05) is 34.5 Å². The number of furan rings is 1. The van der Waals surface area contributed by atoms with Crippen LogP contribution in [0.4, 0.5) is 9.52 Å². The third-order valence-electron chi connectivity index (χ3n) is 6.09. The molecule has 0 aliphatic carbocycles. The largest absolute Gasteiger partial charge is 0.503 e. The van der Waals surface area contributed by atoms with Gasteiger partial charge in [0.25, 0.3) is 5.91 Å². The number of carbonyl (C=O) groups excluding carboxylic acids is 2. The highest BCUT2D eigenvalue weighted by Crippen LogP contribution is 2.45. The number of benzene rings is 2. The van der Waals surface area contributed by atoms with E-state index < -0.39 is 29.3 Å². The summed E-state index contributed by atoms with van der Waals surface area (Å²) in [6.07, 6.45) is 2.99. The van der Waals surface area contributed by atoms with E-state index in [1.165, 1.54) is 42.6 Å². The number of pyridine rings is 1. The van der Waals surface area contributed by atoms with Gasteiger partial charge in [0.1, 0.15) is 5.82 Å². The van der Waals surface area contributed by atoms with Crippen LogP contribution in [0.15, 0.2) is 70.6 Å². The molecule has 1 aliphatic rings. The average Bonchev–Trinajstić information content (AvgIpc) is 3.58. The molecule has 8 nitrogen and oxygen atoms in total. The molecule has 1 unspecified atom stereocenters. The summed E-state index contributed by atoms with van der Waals surface area (Å²) in [5.74, 6) is -2.77. The van der Waals surface area contributed by atoms with E-state index in [9.17, 15) is 19.1 Å². The molecule has 6 rings (SSSR count). The van der Waals surface area contributed by atoms with Gasteiger partial charge in [-0.05, 0) is 42.0 Å². The van der Waals surface area contributed by atoms with E-state index in [-0.39, 0.29) is 27.1 Å². The predicted molar refractivity (Wildman–Crippen MR) is 141 cm³/mol. The van der Waals surface area contributed by atoms with Crippen molar-refractivity contribution < 1.29 is 28.2 Å². The number of amides is 1. The van der Waals surface area contributed by atoms with Gasteiger partial charge in [0.2, 0.25) is 5.78 Å². The molecule has 3 aromatic heterocycles. The van der Waals surface area contributed by atoms with Crippen molar-refractivity contribution >= 4 is 72.5 Å². The maximum Gasteiger partial charge on any atom is 0.296 e. The summed E-state index contributed by atoms with van der Waals surface area (Å²) in [6, 6.07) is 9.33. The van der Waals surface area contributed by atoms with Crippen molar-refractivity contribution in [2.45, 2.75) is 6.04 Å². The fourth-order valence-corrected chi connectivity index (χ4v) is 5.77. The summed E-state index contributed by atoms with van der Waals surface area (Å²) in [5.41, 5.74) is 0.917. The second-order valence-corrected chi connectivity index (χ2v) is 10.2. The number of ketones is 1. The number of fused-ring (bicyclic) bond motifs is 2. The van der Waals surface area contributed by atoms with Crippen LogP contribution in [0.5, 0.6) is 5.75 Å². The molecule has 12 heteroatoms. The molecule has 0 spiro atoms. The molecule has 0 fully saturated rings. The van der Waals surface area contributed by atoms with Crippen molar-refractivity contribution in [2.24, 2.45) is 0 Å². The first-order valence-electron chi connectivity index (χ1n) is 11.0. The third-order valence-corrected chi connectivity index (χ3v) is 7.62. The SMILES string of the molecule is COc1cc(Cl)cc2cc(C(=O)C3=C(O)C(=O)N(c4nc5cc(Cl)c(F)cc5s4)C3c3ccncc3)oc12. The summed E-state index contributed by atoms with van der Waals surface area (Å²) in [6.45, 7) is 0. The number of ether oxygens (including phenoxy) is 1. The molecule has 1 aliphatic heterocycles. The quantitative estimate of drug-likeness (QED) is 0.235. The Kier molecular flexibility index (Phi) is 5.82. The number of hydrogen-bond donors (Lipinski definition) is 1. The number of hydrogen-bond acceptors (Lipinski definition) is 8. The Hall–Kier alpha value is -3.99. The predicted octanol–water partition coefficient (Wildman–Crippen LogP) is 6.67. The number of rotatable bonds is 5. The van der Waals surface area contributed by atoms with E-state index in [1.54, 1.807) is 24.3 Å². The highest BCUT2D eigenvalue weighted by molar-refractivity contribution is 7.22. The number of carbonyl (C=O) groups is 2. The van der Waals surface area contributed by atoms with E-state index in [0.29, 0.717) is 31.9 Å². The summed E-state index contributed by atoms with van der Waals surface area (Å²) in [4.78, 5) is 36.9. The van der Waals surface area contributed by atoms with Crippen molar-refractivity contribution in [1.82, 2.24) is 9.97 Å². The first-order valence-corrected chi connectivity index (χ1v) is 12.6. The first-order chi connectivity index (χ1) is 18.3. The molecule has 1 N–H and O–H groups in total. The molecule has 1 amide bonds. The summed E-state index contributed by atoms with van der Waals surface area (Å²) >= 11 is 13.1. The van der Waals surface area contributed by atoms with Crippen LogP contribution in [0, 0.1) is 5.82 Å². The minimum absolute atomic E-state index is 0.120. The van der Waals surface area contributed by atoms with Gasteiger partial charge in [-0.3, -0.25) is 19.5 Å². The smallest absolute Gasteiger partial charge is 0.296 e. The highest BCUT2D eigenvalue weighted by Gasteiger charge is 2.46. The lowest BCUT2D eigenvalue weighted by Gasteiger charge is -2.24. The summed E-state index contributed by atoms with van der Waals surface area (Å²) < 4.78 is 25.6. The minimum Gasteiger partial charge on any atom is -0.503 e. The van der Waals surface area contributed by atoms with Gasteiger partial charge in [0.15, 0.2) is 28.0 Å². The Morgan fingerprint density at radius 2 is 1.95 bits per heavy atom. The number of nitrogens with zero attached hydrogens (tertiary/aromatic N) is 3. The number of anilines is 1. The molecular formula is C26H14Cl2FN3O5S. The summed E-state index contributed by atoms with van der Waals surface area (Å²) in [5, 5.41) is 11.9. The Morgan fingerprint density at radius 1 is 1.18 bits per heavy atom. The van der Waals surface area contributed by atoms with Crippen molar-refractivity contribution in [3.05, 3.63) is 93.4 Å². The number of aromatic nitrogens is 2. The molecule has 0 bridgehead atoms. The maximum absolute atomic E-state index is 14.1. The van der Waals surface area contributed by atoms with Gasteiger partial charge < -0.3 is 14.3 Å². The second-order valence-electron chi connectivity index (χ2n) is 8.32. The third kappa shape index (κ3) is 3.80. The van der Waals surface area contributed by atoms with Gasteiger partial charge in [0.05, 0.1) is 34.0 Å². The topological polar surface area (TPSA) is 106 Å². The Morgan fingerprint density at radius 3 is 2.68 bits per heavy atom. The molecule has 2 aromatic carbocycles. The Balaban J connectivity index is 1.50. The monoisotopic (exact) mass is 569 g/mol. The number of aliphatic hydroxyl groups is 1. The lowest BCUT2D eigenvalue weighted by Crippen LogP contribution is -2.30. The molecule has 0 saturated heterocycles. The molecule has 0 saturated carbocycles. The van der Waals surface area contributed by atoms with Crippen molar-refractivity contribution in [3.8, 4) is 5.75 Å². The van der Waals surface area contributed by atoms with Gasteiger partial charge in [-0.2, -0.15) is 0 Å². The van der Waals surface area contributed by atoms with Crippen LogP contribution in [-0.2, 0) is 4.79 Å². The molecule has 4 heterocycles. The number of methoxy groups -OCH3 is 1. The number of halogens is 3. The molecule has 0 radical (unpaired) electrons. The normalized spacial score (nSPS) is 15.7. The lowest BCUT2D eigenvalue weighted by atomic mass is 9.96. The van der Waals surface area contributed by atoms with Crippen LogP contribution in [-0.4, -0.2) is 33.9 Å². The van der Waals surface area contributed by atoms with Crippen LogP contribution in [0.1, 0.15) is 22.2 Å². The average molecular weight is 570 g/mol. The fourth-order valence-electron chi connectivity index (χ4n) is 4.39. The van der Waals surface area contributed by atoms with Crippen LogP contribution >= 0.6 is 34.5 Å². The second kappa shape index (κ2) is 9.09. The zero-order valence-corrected chi connectivity index (χ0v) is 21.6. The number of Topliss-reactive ketones (excluding diaryl/α,β-unsaturated/α-hetero) is 1. The fraction of sp³-hybridized carbons (Fsp3) is 0.0769. The summed E-state index contributed by atoms with van der Waals surface area (Å²) in [7, 11) is 1.44. The van der Waals surface area contributed by atoms with Gasteiger partial charge in [-0.25, -0.2) is 9.37 Å². The van der Waals surface area contributed by atoms with Crippen molar-refractivity contribution in [1.29, 1.82) is 0 Å². The van der Waals surface area contributed by atoms with E-state index in [0.717, 1.165) is 11.3 Å². The number of aliphatic hydroxyl groups excluding tert-OH is 1. The van der Waals surface area contributed by atoms with E-state index in [2.05, 4.69) is 9.97 Å². The molecule has 38 heavy (non-hydrogen) atoms.